The van der Waals surface area contributed by atoms with Gasteiger partial charge < -0.3 is 15.5 Å². The lowest BCUT2D eigenvalue weighted by Gasteiger charge is -2.36. The molecule has 0 saturated carbocycles. The van der Waals surface area contributed by atoms with Crippen molar-refractivity contribution in [3.8, 4) is 0 Å². The fraction of sp³-hybridized carbons (Fsp3) is 0.900. The van der Waals surface area contributed by atoms with Gasteiger partial charge in [0.25, 0.3) is 0 Å². The van der Waals surface area contributed by atoms with Crippen molar-refractivity contribution in [3.05, 3.63) is 0 Å². The third kappa shape index (κ3) is 15.4. The quantitative estimate of drug-likeness (QED) is 0.305. The normalized spacial score (nSPS) is 13.0. The van der Waals surface area contributed by atoms with Crippen molar-refractivity contribution in [2.45, 2.75) is 121 Å². The van der Waals surface area contributed by atoms with Crippen LogP contribution in [0.3, 0.4) is 0 Å². The molecule has 0 fully saturated rings. The number of hydrogen-bond acceptors (Lipinski definition) is 4. The lowest BCUT2D eigenvalue weighted by Crippen LogP contribution is -2.44. The van der Waals surface area contributed by atoms with E-state index in [0.717, 1.165) is 51.7 Å². The van der Waals surface area contributed by atoms with Gasteiger partial charge in [-0.2, -0.15) is 0 Å². The summed E-state index contributed by atoms with van der Waals surface area (Å²) in [6.45, 7) is 28.8. The molecule has 0 aromatic carbocycles. The summed E-state index contributed by atoms with van der Waals surface area (Å²) < 4.78 is 0. The Kier molecular flexibility index (Phi) is 14.4. The van der Waals surface area contributed by atoms with Crippen LogP contribution in [-0.2, 0) is 14.4 Å². The summed E-state index contributed by atoms with van der Waals surface area (Å²) in [5.41, 5.74) is -1.10. The van der Waals surface area contributed by atoms with Crippen LogP contribution in [0.1, 0.15) is 115 Å². The maximum atomic E-state index is 13.1. The highest BCUT2D eigenvalue weighted by Crippen LogP contribution is 2.20. The molecule has 0 atom stereocenters. The predicted molar refractivity (Wildman–Crippen MR) is 155 cm³/mol. The second-order valence-corrected chi connectivity index (χ2v) is 14.5. The van der Waals surface area contributed by atoms with Gasteiger partial charge in [-0.25, -0.2) is 0 Å². The maximum absolute atomic E-state index is 13.1. The van der Waals surface area contributed by atoms with Crippen LogP contribution in [0.4, 0.5) is 0 Å². The Balaban J connectivity index is 4.69. The van der Waals surface area contributed by atoms with Gasteiger partial charge in [0.1, 0.15) is 0 Å². The van der Waals surface area contributed by atoms with Crippen molar-refractivity contribution in [2.24, 2.45) is 16.2 Å². The van der Waals surface area contributed by atoms with E-state index >= 15 is 0 Å². The van der Waals surface area contributed by atoms with Crippen molar-refractivity contribution in [2.75, 3.05) is 39.3 Å². The van der Waals surface area contributed by atoms with E-state index in [9.17, 15) is 14.4 Å². The van der Waals surface area contributed by atoms with Gasteiger partial charge in [0.05, 0.1) is 0 Å². The van der Waals surface area contributed by atoms with Gasteiger partial charge in [0, 0.05) is 48.0 Å². The van der Waals surface area contributed by atoms with Crippen LogP contribution in [0, 0.1) is 16.2 Å². The van der Waals surface area contributed by atoms with E-state index in [1.807, 2.05) is 67.2 Å². The Morgan fingerprint density at radius 3 is 1.30 bits per heavy atom. The molecule has 0 aromatic heterocycles. The Morgan fingerprint density at radius 2 is 0.892 bits per heavy atom. The van der Waals surface area contributed by atoms with E-state index in [0.29, 0.717) is 19.6 Å². The first kappa shape index (κ1) is 35.4. The van der Waals surface area contributed by atoms with Gasteiger partial charge in [-0.15, -0.1) is 0 Å². The third-order valence-corrected chi connectivity index (χ3v) is 6.38. The van der Waals surface area contributed by atoms with E-state index in [1.165, 1.54) is 0 Å². The molecule has 0 spiro atoms. The highest BCUT2D eigenvalue weighted by molar-refractivity contribution is 5.82. The van der Waals surface area contributed by atoms with Gasteiger partial charge >= 0.3 is 0 Å². The van der Waals surface area contributed by atoms with Crippen LogP contribution in [0.5, 0.6) is 0 Å². The molecule has 7 heteroatoms. The first-order chi connectivity index (χ1) is 16.7. The summed E-state index contributed by atoms with van der Waals surface area (Å²) in [6, 6.07) is 0. The van der Waals surface area contributed by atoms with Crippen LogP contribution < -0.4 is 10.6 Å². The van der Waals surface area contributed by atoms with Gasteiger partial charge in [-0.05, 0) is 66.0 Å². The minimum Gasteiger partial charge on any atom is -0.356 e. The molecular formula is C30H60N4O3. The van der Waals surface area contributed by atoms with Crippen molar-refractivity contribution < 1.29 is 14.4 Å². The van der Waals surface area contributed by atoms with Gasteiger partial charge in [-0.3, -0.25) is 19.3 Å². The minimum atomic E-state index is -0.422. The molecule has 0 aliphatic heterocycles. The number of hydrogen-bond donors (Lipinski definition) is 2. The smallest absolute Gasteiger partial charge is 0.227 e. The zero-order valence-electron chi connectivity index (χ0n) is 26.4. The summed E-state index contributed by atoms with van der Waals surface area (Å²) in [6.07, 6.45) is 4.73. The topological polar surface area (TPSA) is 81.8 Å². The number of rotatable bonds is 14. The summed E-state index contributed by atoms with van der Waals surface area (Å²) in [7, 11) is 0. The highest BCUT2D eigenvalue weighted by atomic mass is 16.2. The van der Waals surface area contributed by atoms with E-state index in [4.69, 9.17) is 0 Å². The van der Waals surface area contributed by atoms with E-state index < -0.39 is 10.8 Å². The zero-order chi connectivity index (χ0) is 29.1. The van der Waals surface area contributed by atoms with E-state index in [-0.39, 0.29) is 28.7 Å². The molecule has 0 rings (SSSR count). The molecule has 0 aromatic rings. The number of carbonyl (C=O) groups excluding carboxylic acids is 3. The first-order valence-corrected chi connectivity index (χ1v) is 14.3. The maximum Gasteiger partial charge on any atom is 0.227 e. The molecule has 0 heterocycles. The van der Waals surface area contributed by atoms with Gasteiger partial charge in [0.15, 0.2) is 0 Å². The molecule has 0 radical (unpaired) electrons. The Morgan fingerprint density at radius 1 is 0.514 bits per heavy atom. The fourth-order valence-corrected chi connectivity index (χ4v) is 3.81. The largest absolute Gasteiger partial charge is 0.356 e. The average molecular weight is 525 g/mol. The number of unbranched alkanes of at least 4 members (excludes halogenated alkanes) is 2. The third-order valence-electron chi connectivity index (χ3n) is 6.38. The number of nitrogens with one attached hydrogen (secondary N) is 2. The molecule has 0 saturated heterocycles. The minimum absolute atomic E-state index is 0.0417. The van der Waals surface area contributed by atoms with E-state index in [1.54, 1.807) is 0 Å². The lowest BCUT2D eigenvalue weighted by atomic mass is 9.94. The molecule has 0 aliphatic rings. The molecule has 7 nitrogen and oxygen atoms in total. The standard InChI is InChI=1S/C30H60N4O3/c1-27(2,3)24(35)31-18-13-14-22-34(30(10,11)12)23-16-15-20-33(26(37)29(7,8)9)21-17-19-32-25(36)28(4,5)6/h13-23H2,1-12H3,(H,31,35)(H,32,36). The molecule has 2 N–H and O–H groups in total. The van der Waals surface area contributed by atoms with Crippen LogP contribution in [0.25, 0.3) is 0 Å². The molecular weight excluding hydrogens is 464 g/mol. The van der Waals surface area contributed by atoms with Crippen molar-refractivity contribution in [1.29, 1.82) is 0 Å². The summed E-state index contributed by atoms with van der Waals surface area (Å²) in [5, 5.41) is 6.03. The van der Waals surface area contributed by atoms with Crippen LogP contribution in [0.15, 0.2) is 0 Å². The van der Waals surface area contributed by atoms with Crippen molar-refractivity contribution in [3.63, 3.8) is 0 Å². The van der Waals surface area contributed by atoms with Crippen LogP contribution in [-0.4, -0.2) is 72.3 Å². The highest BCUT2D eigenvalue weighted by Gasteiger charge is 2.27. The lowest BCUT2D eigenvalue weighted by molar-refractivity contribution is -0.139. The molecule has 0 unspecified atom stereocenters. The fourth-order valence-electron chi connectivity index (χ4n) is 3.81. The summed E-state index contributed by atoms with van der Waals surface area (Å²) in [5.74, 6) is 0.311. The van der Waals surface area contributed by atoms with Crippen LogP contribution >= 0.6 is 0 Å². The number of amides is 3. The Hall–Kier alpha value is -1.63. The second-order valence-electron chi connectivity index (χ2n) is 14.5. The number of carbonyl (C=O) groups is 3. The van der Waals surface area contributed by atoms with E-state index in [2.05, 4.69) is 36.3 Å². The monoisotopic (exact) mass is 524 g/mol. The van der Waals surface area contributed by atoms with Crippen molar-refractivity contribution >= 4 is 17.7 Å². The molecule has 3 amide bonds. The molecule has 0 aliphatic carbocycles. The first-order valence-electron chi connectivity index (χ1n) is 14.3. The summed E-state index contributed by atoms with van der Waals surface area (Å²) in [4.78, 5) is 41.7. The van der Waals surface area contributed by atoms with Crippen LogP contribution in [0.2, 0.25) is 0 Å². The molecule has 218 valence electrons. The number of nitrogens with zero attached hydrogens (tertiary/aromatic N) is 2. The Labute approximate surface area is 228 Å². The SMILES string of the molecule is CC(C)(C)C(=O)NCCCCN(CCCCN(CCCNC(=O)C(C)(C)C)C(=O)C(C)(C)C)C(C)(C)C. The Bertz CT molecular complexity index is 706. The predicted octanol–water partition coefficient (Wildman–Crippen LogP) is 5.24. The van der Waals surface area contributed by atoms with Gasteiger partial charge in [0.2, 0.25) is 17.7 Å². The zero-order valence-corrected chi connectivity index (χ0v) is 26.4. The molecule has 37 heavy (non-hydrogen) atoms. The average Bonchev–Trinajstić information content (AvgIpc) is 2.72. The van der Waals surface area contributed by atoms with Gasteiger partial charge in [-0.1, -0.05) is 62.3 Å². The molecule has 0 bridgehead atoms. The summed E-state index contributed by atoms with van der Waals surface area (Å²) >= 11 is 0. The van der Waals surface area contributed by atoms with Crippen molar-refractivity contribution in [1.82, 2.24) is 20.4 Å². The second kappa shape index (κ2) is 15.1.